The zero-order valence-corrected chi connectivity index (χ0v) is 6.54. The molecule has 0 aliphatic heterocycles. The van der Waals surface area contributed by atoms with Gasteiger partial charge in [0.1, 0.15) is 18.3 Å². The summed E-state index contributed by atoms with van der Waals surface area (Å²) < 4.78 is 0. The van der Waals surface area contributed by atoms with Crippen LogP contribution in [0.5, 0.6) is 0 Å². The van der Waals surface area contributed by atoms with Gasteiger partial charge < -0.3 is 31.3 Å². The highest BCUT2D eigenvalue weighted by Crippen LogP contribution is 2.03. The van der Waals surface area contributed by atoms with Gasteiger partial charge in [-0.15, -0.1) is 0 Å². The third kappa shape index (κ3) is 3.02. The molecule has 0 amide bonds. The van der Waals surface area contributed by atoms with Crippen molar-refractivity contribution in [3.8, 4) is 0 Å². The van der Waals surface area contributed by atoms with Crippen LogP contribution in [0.3, 0.4) is 0 Å². The van der Waals surface area contributed by atoms with E-state index < -0.39 is 31.0 Å². The maximum Gasteiger partial charge on any atom is 0.111 e. The van der Waals surface area contributed by atoms with Gasteiger partial charge in [0.2, 0.25) is 0 Å². The number of rotatable bonds is 5. The van der Waals surface area contributed by atoms with Gasteiger partial charge >= 0.3 is 0 Å². The molecule has 0 aromatic heterocycles. The first-order valence-electron chi connectivity index (χ1n) is 3.57. The van der Waals surface area contributed by atoms with E-state index in [9.17, 15) is 0 Å². The lowest BCUT2D eigenvalue weighted by Gasteiger charge is -2.24. The summed E-state index contributed by atoms with van der Waals surface area (Å²) in [4.78, 5) is 0. The first-order chi connectivity index (χ1) is 5.54. The fraction of sp³-hybridized carbons (Fsp3) is 1.00. The summed E-state index contributed by atoms with van der Waals surface area (Å²) in [5, 5.41) is 44.2. The van der Waals surface area contributed by atoms with E-state index in [1.807, 2.05) is 0 Å². The molecule has 6 heteroatoms. The smallest absolute Gasteiger partial charge is 0.111 e. The van der Waals surface area contributed by atoms with E-state index in [2.05, 4.69) is 0 Å². The molecule has 0 radical (unpaired) electrons. The summed E-state index contributed by atoms with van der Waals surface area (Å²) in [6.07, 6.45) is -5.91. The zero-order valence-electron chi connectivity index (χ0n) is 6.54. The molecule has 0 aromatic carbocycles. The van der Waals surface area contributed by atoms with Gasteiger partial charge in [0.25, 0.3) is 0 Å². The van der Waals surface area contributed by atoms with E-state index in [0.717, 1.165) is 0 Å². The third-order valence-electron chi connectivity index (χ3n) is 1.57. The molecule has 0 unspecified atom stereocenters. The van der Waals surface area contributed by atoms with Crippen molar-refractivity contribution in [2.24, 2.45) is 5.73 Å². The monoisotopic (exact) mass is 181 g/mol. The first-order valence-corrected chi connectivity index (χ1v) is 3.57. The van der Waals surface area contributed by atoms with Gasteiger partial charge in [-0.05, 0) is 0 Å². The van der Waals surface area contributed by atoms with Crippen molar-refractivity contribution in [2.75, 3.05) is 13.2 Å². The Hall–Kier alpha value is -0.240. The van der Waals surface area contributed by atoms with E-state index in [-0.39, 0.29) is 6.54 Å². The molecule has 74 valence electrons. The molecule has 6 nitrogen and oxygen atoms in total. The van der Waals surface area contributed by atoms with Gasteiger partial charge in [0.15, 0.2) is 0 Å². The van der Waals surface area contributed by atoms with Crippen molar-refractivity contribution in [3.63, 3.8) is 0 Å². The molecule has 4 atom stereocenters. The SMILES string of the molecule is NC[C@H](O)[C@@H](O)[C@H](O)[C@@H](O)CO. The molecule has 0 saturated carbocycles. The van der Waals surface area contributed by atoms with E-state index in [4.69, 9.17) is 31.3 Å². The average molecular weight is 181 g/mol. The largest absolute Gasteiger partial charge is 0.394 e. The highest BCUT2D eigenvalue weighted by molar-refractivity contribution is 4.80. The van der Waals surface area contributed by atoms with Crippen molar-refractivity contribution in [3.05, 3.63) is 0 Å². The Morgan fingerprint density at radius 3 is 1.67 bits per heavy atom. The van der Waals surface area contributed by atoms with Gasteiger partial charge in [-0.1, -0.05) is 0 Å². The second-order valence-corrected chi connectivity index (χ2v) is 2.53. The van der Waals surface area contributed by atoms with Gasteiger partial charge in [-0.25, -0.2) is 0 Å². The van der Waals surface area contributed by atoms with Crippen LogP contribution < -0.4 is 5.73 Å². The number of aliphatic hydroxyl groups excluding tert-OH is 5. The topological polar surface area (TPSA) is 127 Å². The Morgan fingerprint density at radius 2 is 1.33 bits per heavy atom. The van der Waals surface area contributed by atoms with Crippen molar-refractivity contribution < 1.29 is 25.5 Å². The molecule has 0 aromatic rings. The minimum absolute atomic E-state index is 0.226. The van der Waals surface area contributed by atoms with E-state index >= 15 is 0 Å². The quantitative estimate of drug-likeness (QED) is 0.260. The predicted octanol–water partition coefficient (Wildman–Crippen LogP) is -3.62. The van der Waals surface area contributed by atoms with E-state index in [1.54, 1.807) is 0 Å². The second kappa shape index (κ2) is 5.41. The van der Waals surface area contributed by atoms with Crippen molar-refractivity contribution in [1.82, 2.24) is 0 Å². The lowest BCUT2D eigenvalue weighted by Crippen LogP contribution is -2.48. The molecule has 0 spiro atoms. The maximum atomic E-state index is 9.04. The number of hydrogen-bond donors (Lipinski definition) is 6. The molecular formula is C6H15NO5. The summed E-state index contributed by atoms with van der Waals surface area (Å²) >= 11 is 0. The third-order valence-corrected chi connectivity index (χ3v) is 1.57. The molecule has 7 N–H and O–H groups in total. The Kier molecular flexibility index (Phi) is 5.31. The predicted molar refractivity (Wildman–Crippen MR) is 40.2 cm³/mol. The summed E-state index contributed by atoms with van der Waals surface area (Å²) in [5.41, 5.74) is 4.99. The van der Waals surface area contributed by atoms with E-state index in [1.165, 1.54) is 0 Å². The van der Waals surface area contributed by atoms with Crippen LogP contribution in [0, 0.1) is 0 Å². The Labute approximate surface area is 69.9 Å². The van der Waals surface area contributed by atoms with Gasteiger partial charge in [0, 0.05) is 6.54 Å². The molecule has 0 saturated heterocycles. The fourth-order valence-electron chi connectivity index (χ4n) is 0.703. The molecule has 0 rings (SSSR count). The number of nitrogens with two attached hydrogens (primary N) is 1. The molecular weight excluding hydrogens is 166 g/mol. The minimum Gasteiger partial charge on any atom is -0.394 e. The van der Waals surface area contributed by atoms with Crippen LogP contribution in [0.4, 0.5) is 0 Å². The van der Waals surface area contributed by atoms with Gasteiger partial charge in [-0.2, -0.15) is 0 Å². The van der Waals surface area contributed by atoms with Crippen LogP contribution in [0.15, 0.2) is 0 Å². The Balaban J connectivity index is 3.99. The van der Waals surface area contributed by atoms with E-state index in [0.29, 0.717) is 0 Å². The Morgan fingerprint density at radius 1 is 0.917 bits per heavy atom. The lowest BCUT2D eigenvalue weighted by atomic mass is 10.0. The molecule has 0 aliphatic carbocycles. The summed E-state index contributed by atoms with van der Waals surface area (Å²) in [7, 11) is 0. The van der Waals surface area contributed by atoms with Crippen LogP contribution in [0.1, 0.15) is 0 Å². The maximum absolute atomic E-state index is 9.04. The summed E-state index contributed by atoms with van der Waals surface area (Å²) in [5.74, 6) is 0. The van der Waals surface area contributed by atoms with Gasteiger partial charge in [-0.3, -0.25) is 0 Å². The van der Waals surface area contributed by atoms with Crippen LogP contribution in [-0.4, -0.2) is 63.1 Å². The van der Waals surface area contributed by atoms with Crippen molar-refractivity contribution >= 4 is 0 Å². The second-order valence-electron chi connectivity index (χ2n) is 2.53. The summed E-state index contributed by atoms with van der Waals surface area (Å²) in [6, 6.07) is 0. The number of hydrogen-bond acceptors (Lipinski definition) is 6. The number of aliphatic hydroxyl groups is 5. The van der Waals surface area contributed by atoms with Crippen LogP contribution in [-0.2, 0) is 0 Å². The molecule has 0 heterocycles. The lowest BCUT2D eigenvalue weighted by molar-refractivity contribution is -0.112. The summed E-state index contributed by atoms with van der Waals surface area (Å²) in [6.45, 7) is -0.911. The molecule has 0 bridgehead atoms. The standard InChI is InChI=1S/C6H15NO5/c7-1-3(9)5(11)6(12)4(10)2-8/h3-6,8-12H,1-2,7H2/t3-,4-,5+,6+/m0/s1. The molecule has 0 fully saturated rings. The highest BCUT2D eigenvalue weighted by atomic mass is 16.4. The fourth-order valence-corrected chi connectivity index (χ4v) is 0.703. The van der Waals surface area contributed by atoms with Crippen LogP contribution in [0.2, 0.25) is 0 Å². The normalized spacial score (nSPS) is 21.5. The van der Waals surface area contributed by atoms with Crippen LogP contribution in [0.25, 0.3) is 0 Å². The Bertz CT molecular complexity index is 109. The van der Waals surface area contributed by atoms with Crippen LogP contribution >= 0.6 is 0 Å². The zero-order chi connectivity index (χ0) is 9.72. The minimum atomic E-state index is -1.59. The van der Waals surface area contributed by atoms with Crippen molar-refractivity contribution in [2.45, 2.75) is 24.4 Å². The van der Waals surface area contributed by atoms with Crippen molar-refractivity contribution in [1.29, 1.82) is 0 Å². The highest BCUT2D eigenvalue weighted by Gasteiger charge is 2.28. The molecule has 0 aliphatic rings. The van der Waals surface area contributed by atoms with Gasteiger partial charge in [0.05, 0.1) is 12.7 Å². The molecule has 12 heavy (non-hydrogen) atoms. The average Bonchev–Trinajstić information content (AvgIpc) is 2.12. The first kappa shape index (κ1) is 11.8.